The number of fused-ring (bicyclic) bond motifs is 1. The van der Waals surface area contributed by atoms with Crippen LogP contribution >= 0.6 is 0 Å². The van der Waals surface area contributed by atoms with Crippen molar-refractivity contribution in [1.82, 2.24) is 20.1 Å². The van der Waals surface area contributed by atoms with E-state index in [2.05, 4.69) is 20.1 Å². The summed E-state index contributed by atoms with van der Waals surface area (Å²) in [7, 11) is 0. The largest absolute Gasteiger partial charge is 0.288 e. The van der Waals surface area contributed by atoms with E-state index in [0.717, 1.165) is 11.9 Å². The Balaban J connectivity index is 1.89. The highest BCUT2D eigenvalue weighted by Gasteiger charge is 2.46. The molecule has 1 N–H and O–H groups in total. The number of H-pyrrole nitrogens is 1. The molecule has 3 rings (SSSR count). The van der Waals surface area contributed by atoms with Crippen LogP contribution < -0.4 is 0 Å². The van der Waals surface area contributed by atoms with Gasteiger partial charge in [0.1, 0.15) is 12.2 Å². The fraction of sp³-hybridized carbons (Fsp3) is 0.714. The van der Waals surface area contributed by atoms with Gasteiger partial charge in [0, 0.05) is 12.6 Å². The topological polar surface area (TPSA) is 44.6 Å². The van der Waals surface area contributed by atoms with Gasteiger partial charge in [0.2, 0.25) is 0 Å². The first-order valence-electron chi connectivity index (χ1n) is 4.06. The molecule has 0 radical (unpaired) electrons. The lowest BCUT2D eigenvalue weighted by atomic mass is 10.1. The maximum absolute atomic E-state index is 4.17. The molecule has 0 saturated carbocycles. The molecule has 2 aliphatic heterocycles. The van der Waals surface area contributed by atoms with Crippen LogP contribution in [0.3, 0.4) is 0 Å². The number of aromatic amines is 1. The van der Waals surface area contributed by atoms with Gasteiger partial charge in [-0.3, -0.25) is 10.00 Å². The van der Waals surface area contributed by atoms with Crippen LogP contribution in [-0.2, 0) is 0 Å². The monoisotopic (exact) mass is 150 g/mol. The van der Waals surface area contributed by atoms with E-state index in [1.165, 1.54) is 19.4 Å². The van der Waals surface area contributed by atoms with E-state index in [0.29, 0.717) is 6.04 Å². The summed E-state index contributed by atoms with van der Waals surface area (Å²) in [5, 5.41) is 6.79. The third-order valence-corrected chi connectivity index (χ3v) is 2.68. The summed E-state index contributed by atoms with van der Waals surface area (Å²) in [6, 6.07) is 1.41. The first-order valence-corrected chi connectivity index (χ1v) is 4.06. The number of nitrogens with zero attached hydrogens (tertiary/aromatic N) is 3. The maximum Gasteiger partial charge on any atom is 0.141 e. The number of rotatable bonds is 1. The fourth-order valence-electron chi connectivity index (χ4n) is 2.02. The second-order valence-electron chi connectivity index (χ2n) is 3.31. The SMILES string of the molecule is c1n[nH]c(C2CCC3CN32)n1. The Morgan fingerprint density at radius 3 is 3.09 bits per heavy atom. The minimum absolute atomic E-state index is 0.544. The Morgan fingerprint density at radius 1 is 1.55 bits per heavy atom. The molecule has 1 aromatic heterocycles. The second kappa shape index (κ2) is 1.82. The zero-order valence-corrected chi connectivity index (χ0v) is 6.20. The molecular formula is C7H10N4. The summed E-state index contributed by atoms with van der Waals surface area (Å²) in [6.07, 6.45) is 4.18. The van der Waals surface area contributed by atoms with Crippen LogP contribution in [-0.4, -0.2) is 32.7 Å². The van der Waals surface area contributed by atoms with E-state index in [-0.39, 0.29) is 0 Å². The lowest BCUT2D eigenvalue weighted by molar-refractivity contribution is 0.420. The number of hydrogen-bond donors (Lipinski definition) is 1. The average Bonchev–Trinajstić information content (AvgIpc) is 2.54. The van der Waals surface area contributed by atoms with Gasteiger partial charge in [-0.05, 0) is 12.8 Å². The second-order valence-corrected chi connectivity index (χ2v) is 3.31. The van der Waals surface area contributed by atoms with E-state index >= 15 is 0 Å². The molecule has 4 heteroatoms. The minimum Gasteiger partial charge on any atom is -0.288 e. The highest BCUT2D eigenvalue weighted by molar-refractivity contribution is 5.07. The minimum atomic E-state index is 0.544. The van der Waals surface area contributed by atoms with Crippen LogP contribution in [0.15, 0.2) is 6.33 Å². The van der Waals surface area contributed by atoms with E-state index in [1.807, 2.05) is 0 Å². The summed E-state index contributed by atoms with van der Waals surface area (Å²) in [5.74, 6) is 1.05. The Labute approximate surface area is 64.6 Å². The van der Waals surface area contributed by atoms with Gasteiger partial charge in [0.25, 0.3) is 0 Å². The first-order chi connectivity index (χ1) is 5.45. The third kappa shape index (κ3) is 0.728. The molecule has 4 nitrogen and oxygen atoms in total. The van der Waals surface area contributed by atoms with Crippen molar-refractivity contribution in [3.63, 3.8) is 0 Å². The van der Waals surface area contributed by atoms with Crippen LogP contribution in [0.1, 0.15) is 24.7 Å². The molecule has 3 unspecified atom stereocenters. The van der Waals surface area contributed by atoms with Gasteiger partial charge in [-0.25, -0.2) is 4.98 Å². The zero-order valence-electron chi connectivity index (χ0n) is 6.20. The molecule has 0 bridgehead atoms. The van der Waals surface area contributed by atoms with Crippen LogP contribution in [0.4, 0.5) is 0 Å². The molecule has 0 amide bonds. The molecule has 2 fully saturated rings. The lowest BCUT2D eigenvalue weighted by Crippen LogP contribution is -2.06. The van der Waals surface area contributed by atoms with Gasteiger partial charge < -0.3 is 0 Å². The molecular weight excluding hydrogens is 140 g/mol. The number of aromatic nitrogens is 3. The molecule has 3 heterocycles. The molecule has 0 aliphatic carbocycles. The molecule has 2 aliphatic rings. The standard InChI is InChI=1S/C7H10N4/c1-2-6(11-3-5(1)11)7-8-4-9-10-7/h4-6H,1-3H2,(H,8,9,10). The Kier molecular flexibility index (Phi) is 0.946. The van der Waals surface area contributed by atoms with Crippen molar-refractivity contribution in [2.75, 3.05) is 6.54 Å². The van der Waals surface area contributed by atoms with Gasteiger partial charge in [0.05, 0.1) is 6.04 Å². The number of hydrogen-bond acceptors (Lipinski definition) is 3. The maximum atomic E-state index is 4.17. The first kappa shape index (κ1) is 5.71. The van der Waals surface area contributed by atoms with Crippen molar-refractivity contribution in [1.29, 1.82) is 0 Å². The summed E-state index contributed by atoms with van der Waals surface area (Å²) in [6.45, 7) is 1.27. The van der Waals surface area contributed by atoms with E-state index in [9.17, 15) is 0 Å². The quantitative estimate of drug-likeness (QED) is 0.586. The average molecular weight is 150 g/mol. The number of nitrogens with one attached hydrogen (secondary N) is 1. The predicted molar refractivity (Wildman–Crippen MR) is 38.9 cm³/mol. The molecule has 0 aromatic carbocycles. The van der Waals surface area contributed by atoms with Gasteiger partial charge in [0.15, 0.2) is 0 Å². The smallest absolute Gasteiger partial charge is 0.141 e. The molecule has 3 atom stereocenters. The summed E-state index contributed by atoms with van der Waals surface area (Å²) in [5.41, 5.74) is 0. The van der Waals surface area contributed by atoms with Gasteiger partial charge in [-0.2, -0.15) is 5.10 Å². The van der Waals surface area contributed by atoms with Crippen molar-refractivity contribution in [2.24, 2.45) is 0 Å². The zero-order chi connectivity index (χ0) is 7.26. The predicted octanol–water partition coefficient (Wildman–Crippen LogP) is 0.324. The van der Waals surface area contributed by atoms with Crippen molar-refractivity contribution in [3.05, 3.63) is 12.2 Å². The molecule has 0 spiro atoms. The van der Waals surface area contributed by atoms with Crippen LogP contribution in [0.25, 0.3) is 0 Å². The Bertz CT molecular complexity index is 255. The van der Waals surface area contributed by atoms with Gasteiger partial charge in [-0.15, -0.1) is 0 Å². The number of piperidine rings is 1. The summed E-state index contributed by atoms with van der Waals surface area (Å²) in [4.78, 5) is 6.64. The fourth-order valence-corrected chi connectivity index (χ4v) is 2.02. The van der Waals surface area contributed by atoms with E-state index in [1.54, 1.807) is 6.33 Å². The molecule has 2 saturated heterocycles. The molecule has 11 heavy (non-hydrogen) atoms. The molecule has 1 aromatic rings. The van der Waals surface area contributed by atoms with E-state index < -0.39 is 0 Å². The molecule has 58 valence electrons. The van der Waals surface area contributed by atoms with Crippen molar-refractivity contribution >= 4 is 0 Å². The van der Waals surface area contributed by atoms with Crippen LogP contribution in [0.2, 0.25) is 0 Å². The normalized spacial score (nSPS) is 40.5. The highest BCUT2D eigenvalue weighted by Crippen LogP contribution is 2.43. The van der Waals surface area contributed by atoms with E-state index in [4.69, 9.17) is 0 Å². The van der Waals surface area contributed by atoms with Crippen LogP contribution in [0, 0.1) is 0 Å². The highest BCUT2D eigenvalue weighted by atomic mass is 15.4. The van der Waals surface area contributed by atoms with Crippen molar-refractivity contribution in [3.8, 4) is 0 Å². The Hall–Kier alpha value is -0.900. The van der Waals surface area contributed by atoms with Gasteiger partial charge >= 0.3 is 0 Å². The van der Waals surface area contributed by atoms with Crippen molar-refractivity contribution in [2.45, 2.75) is 24.9 Å². The lowest BCUT2D eigenvalue weighted by Gasteiger charge is -2.07. The van der Waals surface area contributed by atoms with Crippen molar-refractivity contribution < 1.29 is 0 Å². The third-order valence-electron chi connectivity index (χ3n) is 2.68. The summed E-state index contributed by atoms with van der Waals surface area (Å²) >= 11 is 0. The summed E-state index contributed by atoms with van der Waals surface area (Å²) < 4.78 is 0. The Morgan fingerprint density at radius 2 is 2.55 bits per heavy atom. The van der Waals surface area contributed by atoms with Crippen LogP contribution in [0.5, 0.6) is 0 Å². The van der Waals surface area contributed by atoms with Gasteiger partial charge in [-0.1, -0.05) is 0 Å².